The van der Waals surface area contributed by atoms with Gasteiger partial charge in [-0.25, -0.2) is 0 Å². The van der Waals surface area contributed by atoms with Crippen LogP contribution in [0, 0.1) is 0 Å². The molecule has 4 aromatic carbocycles. The van der Waals surface area contributed by atoms with E-state index >= 15 is 0 Å². The van der Waals surface area contributed by atoms with Crippen molar-refractivity contribution in [1.82, 2.24) is 0 Å². The number of aromatic hydroxyl groups is 1. The predicted octanol–water partition coefficient (Wildman–Crippen LogP) is 5.62. The number of rotatable bonds is 5. The summed E-state index contributed by atoms with van der Waals surface area (Å²) in [5.74, 6) is 0.314. The van der Waals surface area contributed by atoms with Crippen molar-refractivity contribution in [3.63, 3.8) is 0 Å². The van der Waals surface area contributed by atoms with Gasteiger partial charge in [0.2, 0.25) is 0 Å². The molecule has 4 rings (SSSR count). The van der Waals surface area contributed by atoms with E-state index in [9.17, 15) is 5.11 Å². The first-order chi connectivity index (χ1) is 15.6. The molecule has 32 heavy (non-hydrogen) atoms. The Morgan fingerprint density at radius 1 is 0.719 bits per heavy atom. The van der Waals surface area contributed by atoms with E-state index in [1.165, 1.54) is 10.4 Å². The number of aliphatic imine (C=N–C) groups is 1. The summed E-state index contributed by atoms with van der Waals surface area (Å²) in [6.07, 6.45) is 1.75. The summed E-state index contributed by atoms with van der Waals surface area (Å²) in [6, 6.07) is 36.8. The second-order valence-corrected chi connectivity index (χ2v) is 13.8. The topological polar surface area (TPSA) is 32.6 Å². The van der Waals surface area contributed by atoms with Gasteiger partial charge >= 0.3 is 35.6 Å². The molecular formula is C26H23Cl2NOSiTi. The van der Waals surface area contributed by atoms with Crippen LogP contribution in [0.2, 0.25) is 6.55 Å². The molecule has 0 aliphatic heterocycles. The molecule has 0 aliphatic rings. The van der Waals surface area contributed by atoms with E-state index in [2.05, 4.69) is 66.1 Å². The van der Waals surface area contributed by atoms with Crippen molar-refractivity contribution in [2.45, 2.75) is 6.55 Å². The SMILES string of the molecule is C[Si](c1ccccc1)(c1ccccc1)c1cccc(C=Nc2ccccc2)c1O.[Cl][Ti][Cl]. The first-order valence-electron chi connectivity index (χ1n) is 10.1. The monoisotopic (exact) mass is 511 g/mol. The third-order valence-corrected chi connectivity index (χ3v) is 9.87. The molecule has 0 amide bonds. The third kappa shape index (κ3) is 5.80. The van der Waals surface area contributed by atoms with Crippen molar-refractivity contribution in [1.29, 1.82) is 0 Å². The number of phenols is 1. The van der Waals surface area contributed by atoms with Gasteiger partial charge in [-0.05, 0) is 33.8 Å². The zero-order valence-corrected chi connectivity index (χ0v) is 21.7. The van der Waals surface area contributed by atoms with Gasteiger partial charge in [0.05, 0.1) is 5.69 Å². The fourth-order valence-electron chi connectivity index (χ4n) is 3.75. The van der Waals surface area contributed by atoms with Crippen molar-refractivity contribution < 1.29 is 22.1 Å². The zero-order chi connectivity index (χ0) is 22.8. The van der Waals surface area contributed by atoms with Crippen LogP contribution in [0.1, 0.15) is 5.56 Å². The Labute approximate surface area is 207 Å². The second kappa shape index (κ2) is 12.2. The van der Waals surface area contributed by atoms with E-state index in [0.29, 0.717) is 5.75 Å². The van der Waals surface area contributed by atoms with Gasteiger partial charge < -0.3 is 5.11 Å². The molecule has 160 valence electrons. The molecule has 0 aliphatic carbocycles. The molecule has 0 bridgehead atoms. The van der Waals surface area contributed by atoms with Crippen LogP contribution in [-0.2, 0) is 17.0 Å². The number of nitrogens with zero attached hydrogens (tertiary/aromatic N) is 1. The van der Waals surface area contributed by atoms with E-state index in [1.807, 2.05) is 54.6 Å². The molecule has 0 unspecified atom stereocenters. The van der Waals surface area contributed by atoms with Crippen molar-refractivity contribution in [2.24, 2.45) is 4.99 Å². The van der Waals surface area contributed by atoms with E-state index < -0.39 is 25.1 Å². The zero-order valence-electron chi connectivity index (χ0n) is 17.6. The van der Waals surface area contributed by atoms with Gasteiger partial charge in [-0.1, -0.05) is 97.5 Å². The summed E-state index contributed by atoms with van der Waals surface area (Å²) in [5, 5.41) is 14.8. The maximum absolute atomic E-state index is 11.3. The number of hydrogen-bond donors (Lipinski definition) is 1. The Hall–Kier alpha value is -2.14. The molecular weight excluding hydrogens is 489 g/mol. The van der Waals surface area contributed by atoms with Crippen molar-refractivity contribution in [2.75, 3.05) is 0 Å². The quantitative estimate of drug-likeness (QED) is 0.210. The van der Waals surface area contributed by atoms with Crippen molar-refractivity contribution >= 4 is 54.1 Å². The maximum atomic E-state index is 11.3. The second-order valence-electron chi connectivity index (χ2n) is 7.27. The van der Waals surface area contributed by atoms with Crippen molar-refractivity contribution in [3.05, 3.63) is 115 Å². The van der Waals surface area contributed by atoms with Gasteiger partial charge in [-0.15, -0.1) is 0 Å². The summed E-state index contributed by atoms with van der Waals surface area (Å²) in [7, 11) is 7.40. The first-order valence-corrected chi connectivity index (χ1v) is 16.9. The molecule has 0 saturated carbocycles. The first kappa shape index (κ1) is 24.5. The Morgan fingerprint density at radius 2 is 1.19 bits per heavy atom. The molecule has 0 radical (unpaired) electrons. The summed E-state index contributed by atoms with van der Waals surface area (Å²) >= 11 is -0.556. The molecule has 0 saturated heterocycles. The van der Waals surface area contributed by atoms with Crippen LogP contribution in [0.3, 0.4) is 0 Å². The summed E-state index contributed by atoms with van der Waals surface area (Å²) in [6.45, 7) is 2.30. The number of phenolic OH excluding ortho intramolecular Hbond substituents is 1. The van der Waals surface area contributed by atoms with Gasteiger partial charge in [-0.3, -0.25) is 4.99 Å². The van der Waals surface area contributed by atoms with Crippen molar-refractivity contribution in [3.8, 4) is 5.75 Å². The van der Waals surface area contributed by atoms with E-state index in [-0.39, 0.29) is 0 Å². The number of benzene rings is 4. The Morgan fingerprint density at radius 3 is 1.69 bits per heavy atom. The van der Waals surface area contributed by atoms with E-state index in [0.717, 1.165) is 16.4 Å². The molecule has 2 nitrogen and oxygen atoms in total. The van der Waals surface area contributed by atoms with Crippen LogP contribution in [0.25, 0.3) is 0 Å². The van der Waals surface area contributed by atoms with Gasteiger partial charge in [0.25, 0.3) is 0 Å². The fraction of sp³-hybridized carbons (Fsp3) is 0.0385. The molecule has 4 aromatic rings. The average molecular weight is 512 g/mol. The minimum absolute atomic E-state index is 0.314. The van der Waals surface area contributed by atoms with Gasteiger partial charge in [0.1, 0.15) is 13.8 Å². The molecule has 0 atom stereocenters. The molecule has 0 fully saturated rings. The third-order valence-electron chi connectivity index (χ3n) is 5.42. The number of halogens is 2. The van der Waals surface area contributed by atoms with Crippen LogP contribution in [-0.4, -0.2) is 19.4 Å². The van der Waals surface area contributed by atoms with Gasteiger partial charge in [0, 0.05) is 11.8 Å². The Balaban J connectivity index is 0.000000913. The number of hydrogen-bond acceptors (Lipinski definition) is 2. The summed E-state index contributed by atoms with van der Waals surface area (Å²) < 4.78 is 0. The fourth-order valence-corrected chi connectivity index (χ4v) is 7.47. The Kier molecular flexibility index (Phi) is 9.34. The Bertz CT molecular complexity index is 1100. The predicted molar refractivity (Wildman–Crippen MR) is 137 cm³/mol. The molecule has 0 heterocycles. The average Bonchev–Trinajstić information content (AvgIpc) is 2.85. The van der Waals surface area contributed by atoms with Crippen LogP contribution in [0.5, 0.6) is 5.75 Å². The normalized spacial score (nSPS) is 11.0. The van der Waals surface area contributed by atoms with E-state index in [4.69, 9.17) is 18.6 Å². The molecule has 0 spiro atoms. The number of para-hydroxylation sites is 2. The van der Waals surface area contributed by atoms with Crippen LogP contribution < -0.4 is 15.6 Å². The molecule has 6 heteroatoms. The summed E-state index contributed by atoms with van der Waals surface area (Å²) in [4.78, 5) is 4.54. The molecule has 0 aromatic heterocycles. The summed E-state index contributed by atoms with van der Waals surface area (Å²) in [5.41, 5.74) is 1.60. The molecule has 1 N–H and O–H groups in total. The van der Waals surface area contributed by atoms with Gasteiger partial charge in [0.15, 0.2) is 0 Å². The van der Waals surface area contributed by atoms with Crippen LogP contribution in [0.15, 0.2) is 114 Å². The van der Waals surface area contributed by atoms with Crippen LogP contribution >= 0.6 is 18.6 Å². The van der Waals surface area contributed by atoms with E-state index in [1.54, 1.807) is 6.21 Å². The minimum atomic E-state index is -2.37. The van der Waals surface area contributed by atoms with Crippen LogP contribution in [0.4, 0.5) is 5.69 Å². The standard InChI is InChI=1S/C26H23NOSi.2ClH.Ti/c1-29(23-15-7-3-8-16-23,24-17-9-4-10-18-24)25-19-11-12-21(26(25)28)20-27-22-13-5-2-6-14-22;;;/h2-20,28H,1H3;2*1H;/q;;;+2/p-2. The van der Waals surface area contributed by atoms with Gasteiger partial charge in [-0.2, -0.15) is 0 Å².